The van der Waals surface area contributed by atoms with Crippen LogP contribution in [0.4, 0.5) is 0 Å². The first-order valence-corrected chi connectivity index (χ1v) is 13.9. The van der Waals surface area contributed by atoms with E-state index in [1.54, 1.807) is 23.4 Å². The zero-order valence-corrected chi connectivity index (χ0v) is 27.7. The molecule has 0 saturated carbocycles. The second-order valence-electron chi connectivity index (χ2n) is 5.68. The Bertz CT molecular complexity index is 419. The molecule has 1 aliphatic rings. The standard InChI is InChI=1S/C6H15N2O2P.C5H13NO.C2H7N.2CH4.Cl3OP.2Y/c1-7(2)11(9)8(3)5-4-6-10-11;1-6(2)4-3-5-7;1-3-2;;;1-5(2,3)4;;/h4-6H2,1-3H3;7H,3-5H2,1-2H3;3H,1-2H3;2*1H4;;;. The third-order valence-electron chi connectivity index (χ3n) is 2.59. The van der Waals surface area contributed by atoms with Gasteiger partial charge in [0.25, 0.3) is 0 Å². The molecule has 1 aliphatic heterocycles. The Kier molecular flexibility index (Phi) is 50.8. The van der Waals surface area contributed by atoms with Crippen molar-refractivity contribution >= 4 is 46.6 Å². The van der Waals surface area contributed by atoms with Crippen LogP contribution in [0.1, 0.15) is 27.7 Å². The minimum Gasteiger partial charge on any atom is -0.396 e. The molecule has 0 spiro atoms. The van der Waals surface area contributed by atoms with Crippen LogP contribution in [-0.2, 0) is 79.1 Å². The molecule has 0 bridgehead atoms. The first-order chi connectivity index (χ1) is 11.8. The molecule has 0 aromatic heterocycles. The van der Waals surface area contributed by atoms with Gasteiger partial charge in [-0.1, -0.05) is 14.9 Å². The van der Waals surface area contributed by atoms with Gasteiger partial charge in [-0.2, -0.15) is 0 Å². The van der Waals surface area contributed by atoms with Gasteiger partial charge in [0, 0.05) is 78.6 Å². The van der Waals surface area contributed by atoms with Gasteiger partial charge in [0.15, 0.2) is 0 Å². The minimum absolute atomic E-state index is 0. The average Bonchev–Trinajstić information content (AvgIpc) is 2.48. The van der Waals surface area contributed by atoms with Crippen LogP contribution in [-0.4, -0.2) is 95.0 Å². The third kappa shape index (κ3) is 38.6. The van der Waals surface area contributed by atoms with Crippen LogP contribution in [0.15, 0.2) is 0 Å². The van der Waals surface area contributed by atoms with Crippen molar-refractivity contribution < 1.29 is 84.2 Å². The normalized spacial score (nSPS) is 17.6. The van der Waals surface area contributed by atoms with Crippen LogP contribution in [0.25, 0.3) is 0 Å². The summed E-state index contributed by atoms with van der Waals surface area (Å²) in [6.45, 7) is 2.75. The predicted molar refractivity (Wildman–Crippen MR) is 128 cm³/mol. The smallest absolute Gasteiger partial charge is 0.345 e. The van der Waals surface area contributed by atoms with E-state index in [-0.39, 0.29) is 80.3 Å². The van der Waals surface area contributed by atoms with E-state index in [4.69, 9.17) is 9.63 Å². The molecule has 8 nitrogen and oxygen atoms in total. The molecule has 1 fully saturated rings. The Hall–Kier alpha value is 3.30. The maximum Gasteiger partial charge on any atom is 0.345 e. The van der Waals surface area contributed by atoms with Crippen LogP contribution in [0, 0.1) is 0 Å². The van der Waals surface area contributed by atoms with Crippen molar-refractivity contribution in [1.82, 2.24) is 19.6 Å². The molecule has 2 radical (unpaired) electrons. The van der Waals surface area contributed by atoms with E-state index in [0.717, 1.165) is 25.9 Å². The molecule has 2 N–H and O–H groups in total. The quantitative estimate of drug-likeness (QED) is 0.406. The molecule has 1 unspecified atom stereocenters. The van der Waals surface area contributed by atoms with E-state index in [1.807, 2.05) is 35.2 Å². The Morgan fingerprint density at radius 3 is 1.67 bits per heavy atom. The van der Waals surface area contributed by atoms with Crippen LogP contribution in [0.3, 0.4) is 0 Å². The van der Waals surface area contributed by atoms with E-state index in [9.17, 15) is 9.13 Å². The molecule has 0 aromatic carbocycles. The second kappa shape index (κ2) is 30.3. The second-order valence-corrected chi connectivity index (χ2v) is 15.0. The number of rotatable bonds is 4. The van der Waals surface area contributed by atoms with Crippen molar-refractivity contribution in [3.63, 3.8) is 0 Å². The van der Waals surface area contributed by atoms with Gasteiger partial charge in [0.1, 0.15) is 0 Å². The molecule has 1 saturated heterocycles. The minimum atomic E-state index is -3.22. The van der Waals surface area contributed by atoms with Gasteiger partial charge in [-0.25, -0.2) is 9.34 Å². The molecule has 30 heavy (non-hydrogen) atoms. The molecule has 0 aromatic rings. The van der Waals surface area contributed by atoms with E-state index < -0.39 is 12.9 Å². The van der Waals surface area contributed by atoms with Crippen molar-refractivity contribution in [2.45, 2.75) is 27.7 Å². The number of nitrogens with one attached hydrogen (secondary N) is 1. The molecule has 1 heterocycles. The zero-order chi connectivity index (χ0) is 21.4. The van der Waals surface area contributed by atoms with Gasteiger partial charge in [0.2, 0.25) is 0 Å². The molecule has 15 heteroatoms. The molecule has 1 rings (SSSR count). The van der Waals surface area contributed by atoms with Crippen LogP contribution in [0.5, 0.6) is 0 Å². The summed E-state index contributed by atoms with van der Waals surface area (Å²) in [7, 11) is 10.5. The fraction of sp³-hybridized carbons (Fsp3) is 1.00. The maximum atomic E-state index is 11.9. The number of aliphatic hydroxyl groups excluding tert-OH is 1. The zero-order valence-electron chi connectivity index (χ0n) is 17.9. The van der Waals surface area contributed by atoms with Crippen LogP contribution in [0.2, 0.25) is 0 Å². The molecule has 1 atom stereocenters. The van der Waals surface area contributed by atoms with Gasteiger partial charge in [-0.05, 0) is 102 Å². The topological polar surface area (TPSA) is 85.3 Å². The van der Waals surface area contributed by atoms with Crippen molar-refractivity contribution in [2.24, 2.45) is 0 Å². The van der Waals surface area contributed by atoms with E-state index in [1.165, 1.54) is 0 Å². The summed E-state index contributed by atoms with van der Waals surface area (Å²) in [4.78, 5) is 2.05. The molecule has 0 amide bonds. The summed E-state index contributed by atoms with van der Waals surface area (Å²) in [6, 6.07) is 0. The monoisotopic (exact) mass is 688 g/mol. The predicted octanol–water partition coefficient (Wildman–Crippen LogP) is 4.85. The van der Waals surface area contributed by atoms with Gasteiger partial charge in [-0.3, -0.25) is 9.13 Å². The van der Waals surface area contributed by atoms with Gasteiger partial charge >= 0.3 is 12.9 Å². The van der Waals surface area contributed by atoms with Crippen molar-refractivity contribution in [2.75, 3.05) is 75.6 Å². The van der Waals surface area contributed by atoms with E-state index in [0.29, 0.717) is 13.2 Å². The first-order valence-electron chi connectivity index (χ1n) is 7.93. The largest absolute Gasteiger partial charge is 0.396 e. The molecule has 0 aliphatic carbocycles. The number of hydrogen-bond acceptors (Lipinski definition) is 6. The molecule has 184 valence electrons. The number of halogens is 3. The van der Waals surface area contributed by atoms with Gasteiger partial charge in [-0.15, -0.1) is 0 Å². The number of nitrogens with zero attached hydrogens (tertiary/aromatic N) is 3. The number of hydrogen-bond donors (Lipinski definition) is 2. The SMILES string of the molecule is C.C.CN(C)CCCO.CN(C)P1(=O)OCCCN1C.CNC.O=P(Cl)(Cl)Cl.[Y].[Y]. The summed E-state index contributed by atoms with van der Waals surface area (Å²) in [5, 5.41) is 7.82. The fourth-order valence-electron chi connectivity index (χ4n) is 1.51. The Labute approximate surface area is 250 Å². The Morgan fingerprint density at radius 1 is 1.13 bits per heavy atom. The Morgan fingerprint density at radius 2 is 1.50 bits per heavy atom. The van der Waals surface area contributed by atoms with Crippen LogP contribution >= 0.6 is 46.6 Å². The maximum absolute atomic E-state index is 11.9. The first kappa shape index (κ1) is 50.2. The summed E-state index contributed by atoms with van der Waals surface area (Å²) in [5.41, 5.74) is 0. The summed E-state index contributed by atoms with van der Waals surface area (Å²) >= 11 is 13.8. The van der Waals surface area contributed by atoms with Crippen LogP contribution < -0.4 is 5.32 Å². The third-order valence-corrected chi connectivity index (χ3v) is 5.18. The average molecular weight is 690 g/mol. The van der Waals surface area contributed by atoms with Gasteiger partial charge < -0.3 is 19.8 Å². The van der Waals surface area contributed by atoms with Crippen molar-refractivity contribution in [3.8, 4) is 0 Å². The van der Waals surface area contributed by atoms with E-state index >= 15 is 0 Å². The van der Waals surface area contributed by atoms with Crippen molar-refractivity contribution in [3.05, 3.63) is 0 Å². The Balaban J connectivity index is -0.0000000494. The van der Waals surface area contributed by atoms with Gasteiger partial charge in [0.05, 0.1) is 6.61 Å². The van der Waals surface area contributed by atoms with Crippen molar-refractivity contribution in [1.29, 1.82) is 0 Å². The molecular formula is C15H43Cl3N4O4P2Y2. The fourth-order valence-corrected chi connectivity index (χ4v) is 3.31. The van der Waals surface area contributed by atoms with E-state index in [2.05, 4.69) is 43.9 Å². The molecular weight excluding hydrogens is 646 g/mol. The number of aliphatic hydroxyl groups is 1. The summed E-state index contributed by atoms with van der Waals surface area (Å²) in [6.07, 6.45) is 1.85. The summed E-state index contributed by atoms with van der Waals surface area (Å²) in [5.74, 6) is 0. The summed E-state index contributed by atoms with van der Waals surface area (Å²) < 4.78 is 30.1.